The number of hydrogen-bond acceptors (Lipinski definition) is 7. The topological polar surface area (TPSA) is 123 Å². The Morgan fingerprint density at radius 1 is 1.36 bits per heavy atom. The summed E-state index contributed by atoms with van der Waals surface area (Å²) in [7, 11) is 1.27. The van der Waals surface area contributed by atoms with Gasteiger partial charge in [-0.15, -0.1) is 0 Å². The number of non-ortho nitro benzene ring substituents is 1. The quantitative estimate of drug-likeness (QED) is 0.378. The molecular weight excluding hydrogens is 434 g/mol. The highest BCUT2D eigenvalue weighted by atomic mass is 79.9. The van der Waals surface area contributed by atoms with E-state index in [-0.39, 0.29) is 29.4 Å². The van der Waals surface area contributed by atoms with Crippen LogP contribution in [0.1, 0.15) is 16.7 Å². The maximum absolute atomic E-state index is 11.9. The lowest BCUT2D eigenvalue weighted by atomic mass is 10.1. The van der Waals surface area contributed by atoms with E-state index in [1.54, 1.807) is 0 Å². The fourth-order valence-electron chi connectivity index (χ4n) is 2.40. The maximum atomic E-state index is 11.9. The van der Waals surface area contributed by atoms with Crippen molar-refractivity contribution in [3.63, 3.8) is 0 Å². The third-order valence-corrected chi connectivity index (χ3v) is 4.22. The van der Waals surface area contributed by atoms with Crippen LogP contribution in [0.2, 0.25) is 0 Å². The third-order valence-electron chi connectivity index (χ3n) is 3.63. The van der Waals surface area contributed by atoms with Gasteiger partial charge in [0.25, 0.3) is 11.6 Å². The smallest absolute Gasteiger partial charge is 0.277 e. The van der Waals surface area contributed by atoms with Gasteiger partial charge in [-0.3, -0.25) is 14.9 Å². The van der Waals surface area contributed by atoms with E-state index in [1.165, 1.54) is 7.11 Å². The van der Waals surface area contributed by atoms with Gasteiger partial charge in [-0.1, -0.05) is 6.07 Å². The van der Waals surface area contributed by atoms with Crippen molar-refractivity contribution in [1.29, 1.82) is 0 Å². The molecule has 2 N–H and O–H groups in total. The molecule has 0 bridgehead atoms. The molecule has 0 saturated heterocycles. The molecule has 28 heavy (non-hydrogen) atoms. The molecule has 0 atom stereocenters. The van der Waals surface area contributed by atoms with Gasteiger partial charge in [-0.05, 0) is 47.0 Å². The number of benzene rings is 2. The summed E-state index contributed by atoms with van der Waals surface area (Å²) in [5, 5.41) is 24.7. The van der Waals surface area contributed by atoms with E-state index >= 15 is 0 Å². The number of hydrazone groups is 1. The molecule has 10 heteroatoms. The Labute approximate surface area is 169 Å². The third kappa shape index (κ3) is 5.19. The molecule has 0 fully saturated rings. The van der Waals surface area contributed by atoms with Crippen LogP contribution in [0.15, 0.2) is 33.8 Å². The number of carbonyl (C=O) groups excluding carboxylic acids is 1. The normalized spacial score (nSPS) is 10.7. The number of hydrogen-bond donors (Lipinski definition) is 2. The van der Waals surface area contributed by atoms with Gasteiger partial charge in [0.2, 0.25) is 0 Å². The van der Waals surface area contributed by atoms with E-state index in [0.29, 0.717) is 5.75 Å². The van der Waals surface area contributed by atoms with Crippen molar-refractivity contribution >= 4 is 33.7 Å². The largest absolute Gasteiger partial charge is 0.504 e. The van der Waals surface area contributed by atoms with Gasteiger partial charge in [-0.25, -0.2) is 5.43 Å². The van der Waals surface area contributed by atoms with Gasteiger partial charge in [0.1, 0.15) is 5.75 Å². The minimum atomic E-state index is -0.631. The summed E-state index contributed by atoms with van der Waals surface area (Å²) in [5.74, 6) is -0.405. The number of rotatable bonds is 7. The zero-order valence-electron chi connectivity index (χ0n) is 15.4. The van der Waals surface area contributed by atoms with Crippen molar-refractivity contribution in [1.82, 2.24) is 5.43 Å². The van der Waals surface area contributed by atoms with Gasteiger partial charge in [0.15, 0.2) is 18.1 Å². The van der Waals surface area contributed by atoms with Crippen LogP contribution >= 0.6 is 15.9 Å². The van der Waals surface area contributed by atoms with Crippen LogP contribution in [0.5, 0.6) is 17.2 Å². The van der Waals surface area contributed by atoms with Crippen LogP contribution in [0.25, 0.3) is 0 Å². The number of nitro groups is 1. The van der Waals surface area contributed by atoms with Crippen LogP contribution in [0.3, 0.4) is 0 Å². The first-order valence-electron chi connectivity index (χ1n) is 7.99. The van der Waals surface area contributed by atoms with Gasteiger partial charge in [0, 0.05) is 11.6 Å². The second-order valence-electron chi connectivity index (χ2n) is 5.82. The second-order valence-corrected chi connectivity index (χ2v) is 6.67. The minimum absolute atomic E-state index is 0.0180. The number of amides is 1. The lowest BCUT2D eigenvalue weighted by Crippen LogP contribution is -2.24. The Hall–Kier alpha value is -3.14. The molecular formula is C18H18BrN3O6. The molecule has 148 valence electrons. The zero-order chi connectivity index (χ0) is 20.8. The molecule has 0 heterocycles. The second kappa shape index (κ2) is 9.18. The average molecular weight is 452 g/mol. The van der Waals surface area contributed by atoms with Crippen LogP contribution in [-0.2, 0) is 4.79 Å². The van der Waals surface area contributed by atoms with Crippen molar-refractivity contribution in [2.24, 2.45) is 5.10 Å². The number of aromatic hydroxyl groups is 1. The number of methoxy groups -OCH3 is 1. The van der Waals surface area contributed by atoms with Crippen molar-refractivity contribution < 1.29 is 24.3 Å². The number of halogens is 1. The number of phenolic OH excluding ortho intramolecular Hbond substituents is 1. The van der Waals surface area contributed by atoms with Crippen LogP contribution in [0, 0.1) is 24.0 Å². The molecule has 0 unspecified atom stereocenters. The highest BCUT2D eigenvalue weighted by molar-refractivity contribution is 9.10. The molecule has 2 rings (SSSR count). The summed E-state index contributed by atoms with van der Waals surface area (Å²) in [4.78, 5) is 22.2. The van der Waals surface area contributed by atoms with Crippen LogP contribution in [-0.4, -0.2) is 35.9 Å². The first-order valence-corrected chi connectivity index (χ1v) is 8.79. The van der Waals surface area contributed by atoms with E-state index < -0.39 is 10.8 Å². The lowest BCUT2D eigenvalue weighted by molar-refractivity contribution is -0.385. The molecule has 0 aliphatic carbocycles. The van der Waals surface area contributed by atoms with Gasteiger partial charge < -0.3 is 14.6 Å². The molecule has 0 saturated carbocycles. The summed E-state index contributed by atoms with van der Waals surface area (Å²) in [5.41, 5.74) is 3.89. The summed E-state index contributed by atoms with van der Waals surface area (Å²) >= 11 is 3.39. The SMILES string of the molecule is COc1cc([N+](=O)[O-])cc(/C=N/NC(=O)COc2c(C)cc(C)cc2Br)c1O. The first-order chi connectivity index (χ1) is 13.2. The van der Waals surface area contributed by atoms with Crippen molar-refractivity contribution in [3.05, 3.63) is 55.5 Å². The Kier molecular flexibility index (Phi) is 6.94. The Morgan fingerprint density at radius 2 is 2.07 bits per heavy atom. The Balaban J connectivity index is 2.04. The monoisotopic (exact) mass is 451 g/mol. The van der Waals surface area contributed by atoms with Crippen molar-refractivity contribution in [2.45, 2.75) is 13.8 Å². The van der Waals surface area contributed by atoms with E-state index in [0.717, 1.165) is 33.9 Å². The summed E-state index contributed by atoms with van der Waals surface area (Å²) in [6.45, 7) is 3.52. The Morgan fingerprint density at radius 3 is 2.68 bits per heavy atom. The van der Waals surface area contributed by atoms with Crippen LogP contribution < -0.4 is 14.9 Å². The average Bonchev–Trinajstić information content (AvgIpc) is 2.61. The van der Waals surface area contributed by atoms with Gasteiger partial charge >= 0.3 is 0 Å². The van der Waals surface area contributed by atoms with Crippen molar-refractivity contribution in [3.8, 4) is 17.2 Å². The standard InChI is InChI=1S/C18H18BrN3O6/c1-10-4-11(2)18(14(19)5-10)28-9-16(23)21-20-8-12-6-13(22(25)26)7-15(27-3)17(12)24/h4-8,24H,9H2,1-3H3,(H,21,23)/b20-8+. The number of phenols is 1. The molecule has 0 aliphatic rings. The Bertz CT molecular complexity index is 922. The van der Waals surface area contributed by atoms with E-state index in [9.17, 15) is 20.0 Å². The van der Waals surface area contributed by atoms with E-state index in [2.05, 4.69) is 26.5 Å². The number of nitrogens with zero attached hydrogens (tertiary/aromatic N) is 2. The number of aryl methyl sites for hydroxylation is 2. The molecule has 0 aromatic heterocycles. The molecule has 0 spiro atoms. The molecule has 2 aromatic rings. The molecule has 1 amide bonds. The van der Waals surface area contributed by atoms with Gasteiger partial charge in [-0.2, -0.15) is 5.10 Å². The molecule has 9 nitrogen and oxygen atoms in total. The lowest BCUT2D eigenvalue weighted by Gasteiger charge is -2.11. The minimum Gasteiger partial charge on any atom is -0.504 e. The van der Waals surface area contributed by atoms with Crippen molar-refractivity contribution in [2.75, 3.05) is 13.7 Å². The van der Waals surface area contributed by atoms with E-state index in [1.807, 2.05) is 26.0 Å². The molecule has 0 radical (unpaired) electrons. The zero-order valence-corrected chi connectivity index (χ0v) is 16.9. The number of carbonyl (C=O) groups is 1. The first kappa shape index (κ1) is 21.2. The van der Waals surface area contributed by atoms with E-state index in [4.69, 9.17) is 9.47 Å². The van der Waals surface area contributed by atoms with Crippen LogP contribution in [0.4, 0.5) is 5.69 Å². The number of nitrogens with one attached hydrogen (secondary N) is 1. The highest BCUT2D eigenvalue weighted by Crippen LogP contribution is 2.33. The molecule has 0 aliphatic heterocycles. The fourth-order valence-corrected chi connectivity index (χ4v) is 3.19. The fraction of sp³-hybridized carbons (Fsp3) is 0.222. The molecule has 2 aromatic carbocycles. The maximum Gasteiger partial charge on any atom is 0.277 e. The number of nitro benzene ring substituents is 1. The summed E-state index contributed by atoms with van der Waals surface area (Å²) in [6.07, 6.45) is 1.08. The highest BCUT2D eigenvalue weighted by Gasteiger charge is 2.16. The summed E-state index contributed by atoms with van der Waals surface area (Å²) < 4.78 is 11.1. The predicted octanol–water partition coefficient (Wildman–Crippen LogP) is 3.22. The van der Waals surface area contributed by atoms with Gasteiger partial charge in [0.05, 0.1) is 28.8 Å². The predicted molar refractivity (Wildman–Crippen MR) is 106 cm³/mol. The number of ether oxygens (including phenoxy) is 2. The summed E-state index contributed by atoms with van der Waals surface area (Å²) in [6, 6.07) is 5.99.